The summed E-state index contributed by atoms with van der Waals surface area (Å²) < 4.78 is 0. The standard InChI is InChI=1S/C8H16N2O/c1-2-8(11)10-7-5-3-4-6-9/h2H,1,3-7,9H2,(H,10,11). The molecule has 0 aliphatic rings. The molecule has 0 aromatic heterocycles. The number of nitrogens with one attached hydrogen (secondary N) is 1. The van der Waals surface area contributed by atoms with Crippen LogP contribution in [0.3, 0.4) is 0 Å². The lowest BCUT2D eigenvalue weighted by molar-refractivity contribution is -0.116. The Labute approximate surface area is 67.7 Å². The summed E-state index contributed by atoms with van der Waals surface area (Å²) in [7, 11) is 0. The van der Waals surface area contributed by atoms with Gasteiger partial charge in [-0.05, 0) is 25.5 Å². The van der Waals surface area contributed by atoms with Crippen molar-refractivity contribution in [2.24, 2.45) is 5.73 Å². The van der Waals surface area contributed by atoms with E-state index < -0.39 is 0 Å². The van der Waals surface area contributed by atoms with E-state index in [1.165, 1.54) is 6.08 Å². The molecule has 0 radical (unpaired) electrons. The molecule has 0 aromatic carbocycles. The van der Waals surface area contributed by atoms with E-state index in [1.54, 1.807) is 0 Å². The van der Waals surface area contributed by atoms with Crippen molar-refractivity contribution in [2.75, 3.05) is 13.1 Å². The molecule has 0 spiro atoms. The lowest BCUT2D eigenvalue weighted by atomic mass is 10.2. The molecule has 0 bridgehead atoms. The van der Waals surface area contributed by atoms with E-state index in [4.69, 9.17) is 5.73 Å². The molecule has 0 saturated carbocycles. The SMILES string of the molecule is C=CC(=O)NCCCCCN. The second kappa shape index (κ2) is 7.28. The van der Waals surface area contributed by atoms with Gasteiger partial charge >= 0.3 is 0 Å². The highest BCUT2D eigenvalue weighted by Gasteiger charge is 1.91. The molecule has 0 aliphatic heterocycles. The minimum atomic E-state index is -0.0993. The van der Waals surface area contributed by atoms with Gasteiger partial charge in [-0.3, -0.25) is 4.79 Å². The number of rotatable bonds is 6. The van der Waals surface area contributed by atoms with E-state index in [0.29, 0.717) is 0 Å². The molecule has 0 atom stereocenters. The van der Waals surface area contributed by atoms with E-state index in [-0.39, 0.29) is 5.91 Å². The third-order valence-corrected chi connectivity index (χ3v) is 1.37. The fourth-order valence-electron chi connectivity index (χ4n) is 0.730. The van der Waals surface area contributed by atoms with Crippen molar-refractivity contribution >= 4 is 5.91 Å². The van der Waals surface area contributed by atoms with Crippen LogP contribution in [0.25, 0.3) is 0 Å². The molecule has 3 N–H and O–H groups in total. The maximum Gasteiger partial charge on any atom is 0.243 e. The van der Waals surface area contributed by atoms with Crippen LogP contribution in [0.4, 0.5) is 0 Å². The summed E-state index contributed by atoms with van der Waals surface area (Å²) in [5.41, 5.74) is 5.29. The van der Waals surface area contributed by atoms with Crippen LogP contribution in [0.5, 0.6) is 0 Å². The molecule has 0 aliphatic carbocycles. The number of carbonyl (C=O) groups is 1. The average Bonchev–Trinajstić information content (AvgIpc) is 2.04. The number of nitrogens with two attached hydrogens (primary N) is 1. The van der Waals surface area contributed by atoms with Crippen molar-refractivity contribution in [1.29, 1.82) is 0 Å². The van der Waals surface area contributed by atoms with Gasteiger partial charge in [-0.15, -0.1) is 0 Å². The molecular formula is C8H16N2O. The van der Waals surface area contributed by atoms with Crippen molar-refractivity contribution < 1.29 is 4.79 Å². The molecule has 3 heteroatoms. The number of amides is 1. The Kier molecular flexibility index (Phi) is 6.73. The van der Waals surface area contributed by atoms with Gasteiger partial charge in [-0.25, -0.2) is 0 Å². The zero-order chi connectivity index (χ0) is 8.53. The average molecular weight is 156 g/mol. The van der Waals surface area contributed by atoms with Crippen LogP contribution in [0, 0.1) is 0 Å². The summed E-state index contributed by atoms with van der Waals surface area (Å²) in [4.78, 5) is 10.6. The zero-order valence-electron chi connectivity index (χ0n) is 6.81. The molecule has 0 rings (SSSR count). The minimum Gasteiger partial charge on any atom is -0.353 e. The first-order valence-electron chi connectivity index (χ1n) is 3.91. The summed E-state index contributed by atoms with van der Waals surface area (Å²) in [6, 6.07) is 0. The fraction of sp³-hybridized carbons (Fsp3) is 0.625. The van der Waals surface area contributed by atoms with E-state index in [9.17, 15) is 4.79 Å². The highest BCUT2D eigenvalue weighted by atomic mass is 16.1. The van der Waals surface area contributed by atoms with E-state index >= 15 is 0 Å². The maximum absolute atomic E-state index is 10.6. The summed E-state index contributed by atoms with van der Waals surface area (Å²) in [5, 5.41) is 2.69. The Balaban J connectivity index is 3.01. The summed E-state index contributed by atoms with van der Waals surface area (Å²) in [5.74, 6) is -0.0993. The first kappa shape index (κ1) is 10.2. The summed E-state index contributed by atoms with van der Waals surface area (Å²) >= 11 is 0. The predicted octanol–water partition coefficient (Wildman–Crippen LogP) is 0.418. The molecule has 64 valence electrons. The van der Waals surface area contributed by atoms with Crippen molar-refractivity contribution in [3.05, 3.63) is 12.7 Å². The van der Waals surface area contributed by atoms with Gasteiger partial charge in [0.15, 0.2) is 0 Å². The number of carbonyl (C=O) groups excluding carboxylic acids is 1. The molecule has 0 unspecified atom stereocenters. The third-order valence-electron chi connectivity index (χ3n) is 1.37. The minimum absolute atomic E-state index is 0.0993. The molecular weight excluding hydrogens is 140 g/mol. The van der Waals surface area contributed by atoms with Crippen molar-refractivity contribution in [3.8, 4) is 0 Å². The molecule has 0 saturated heterocycles. The number of unbranched alkanes of at least 4 members (excludes halogenated alkanes) is 2. The predicted molar refractivity (Wildman–Crippen MR) is 46.1 cm³/mol. The van der Waals surface area contributed by atoms with Gasteiger partial charge in [-0.2, -0.15) is 0 Å². The summed E-state index contributed by atoms with van der Waals surface area (Å²) in [6.07, 6.45) is 4.39. The Bertz CT molecular complexity index is 123. The zero-order valence-corrected chi connectivity index (χ0v) is 6.81. The second-order valence-corrected chi connectivity index (χ2v) is 2.34. The fourth-order valence-corrected chi connectivity index (χ4v) is 0.730. The lowest BCUT2D eigenvalue weighted by Crippen LogP contribution is -2.21. The Morgan fingerprint density at radius 3 is 2.73 bits per heavy atom. The van der Waals surface area contributed by atoms with Gasteiger partial charge in [0.25, 0.3) is 0 Å². The van der Waals surface area contributed by atoms with Crippen LogP contribution < -0.4 is 11.1 Å². The highest BCUT2D eigenvalue weighted by molar-refractivity contribution is 5.86. The Morgan fingerprint density at radius 1 is 1.45 bits per heavy atom. The third kappa shape index (κ3) is 7.06. The van der Waals surface area contributed by atoms with Crippen LogP contribution in [0.2, 0.25) is 0 Å². The van der Waals surface area contributed by atoms with Crippen LogP contribution in [-0.4, -0.2) is 19.0 Å². The molecule has 11 heavy (non-hydrogen) atoms. The number of hydrogen-bond donors (Lipinski definition) is 2. The lowest BCUT2D eigenvalue weighted by Gasteiger charge is -2.00. The van der Waals surface area contributed by atoms with Crippen molar-refractivity contribution in [1.82, 2.24) is 5.32 Å². The van der Waals surface area contributed by atoms with E-state index in [1.807, 2.05) is 0 Å². The van der Waals surface area contributed by atoms with E-state index in [0.717, 1.165) is 32.4 Å². The summed E-state index contributed by atoms with van der Waals surface area (Å²) in [6.45, 7) is 4.80. The first-order chi connectivity index (χ1) is 5.31. The van der Waals surface area contributed by atoms with Gasteiger partial charge in [0.05, 0.1) is 0 Å². The molecule has 0 fully saturated rings. The maximum atomic E-state index is 10.6. The topological polar surface area (TPSA) is 55.1 Å². The number of hydrogen-bond acceptors (Lipinski definition) is 2. The Morgan fingerprint density at radius 2 is 2.18 bits per heavy atom. The van der Waals surface area contributed by atoms with Crippen molar-refractivity contribution in [3.63, 3.8) is 0 Å². The van der Waals surface area contributed by atoms with E-state index in [2.05, 4.69) is 11.9 Å². The smallest absolute Gasteiger partial charge is 0.243 e. The van der Waals surface area contributed by atoms with Crippen LogP contribution in [0.15, 0.2) is 12.7 Å². The molecule has 1 amide bonds. The van der Waals surface area contributed by atoms with Crippen LogP contribution >= 0.6 is 0 Å². The van der Waals surface area contributed by atoms with Crippen LogP contribution in [0.1, 0.15) is 19.3 Å². The van der Waals surface area contributed by atoms with Crippen molar-refractivity contribution in [2.45, 2.75) is 19.3 Å². The first-order valence-corrected chi connectivity index (χ1v) is 3.91. The Hall–Kier alpha value is -0.830. The largest absolute Gasteiger partial charge is 0.353 e. The van der Waals surface area contributed by atoms with Gasteiger partial charge in [0.1, 0.15) is 0 Å². The molecule has 0 aromatic rings. The second-order valence-electron chi connectivity index (χ2n) is 2.34. The van der Waals surface area contributed by atoms with Crippen LogP contribution in [-0.2, 0) is 4.79 Å². The van der Waals surface area contributed by atoms with Gasteiger partial charge in [0.2, 0.25) is 5.91 Å². The quantitative estimate of drug-likeness (QED) is 0.432. The normalized spacial score (nSPS) is 9.18. The monoisotopic (exact) mass is 156 g/mol. The molecule has 0 heterocycles. The van der Waals surface area contributed by atoms with Gasteiger partial charge in [-0.1, -0.05) is 13.0 Å². The molecule has 3 nitrogen and oxygen atoms in total. The van der Waals surface area contributed by atoms with Gasteiger partial charge in [0, 0.05) is 6.54 Å². The van der Waals surface area contributed by atoms with Gasteiger partial charge < -0.3 is 11.1 Å². The highest BCUT2D eigenvalue weighted by Crippen LogP contribution is 1.90.